The van der Waals surface area contributed by atoms with Gasteiger partial charge in [-0.1, -0.05) is 12.1 Å². The summed E-state index contributed by atoms with van der Waals surface area (Å²) in [6, 6.07) is 8.01. The molecular weight excluding hydrogens is 340 g/mol. The fourth-order valence-electron chi connectivity index (χ4n) is 3.55. The highest BCUT2D eigenvalue weighted by Gasteiger charge is 2.25. The minimum Gasteiger partial charge on any atom is -0.323 e. The summed E-state index contributed by atoms with van der Waals surface area (Å²) in [6.45, 7) is 2.97. The van der Waals surface area contributed by atoms with E-state index in [0.717, 1.165) is 50.3 Å². The Labute approximate surface area is 155 Å². The number of hydrogen-bond donors (Lipinski definition) is 2. The summed E-state index contributed by atoms with van der Waals surface area (Å²) in [5.41, 5.74) is 1.53. The smallest absolute Gasteiger partial charge is 0.238 e. The number of nitrogens with one attached hydrogen (secondary N) is 2. The highest BCUT2D eigenvalue weighted by atomic mass is 35.5. The van der Waals surface area contributed by atoms with E-state index in [1.165, 1.54) is 0 Å². The lowest BCUT2D eigenvalue weighted by molar-refractivity contribution is -0.118. The number of amides is 2. The molecule has 138 valence electrons. The van der Waals surface area contributed by atoms with Crippen molar-refractivity contribution in [2.75, 3.05) is 43.4 Å². The van der Waals surface area contributed by atoms with E-state index in [4.69, 9.17) is 0 Å². The van der Waals surface area contributed by atoms with Crippen molar-refractivity contribution in [3.8, 4) is 0 Å². The molecule has 6 nitrogen and oxygen atoms in total. The maximum atomic E-state index is 12.4. The van der Waals surface area contributed by atoms with Gasteiger partial charge < -0.3 is 15.5 Å². The molecule has 1 unspecified atom stereocenters. The fourth-order valence-corrected chi connectivity index (χ4v) is 3.55. The van der Waals surface area contributed by atoms with Gasteiger partial charge >= 0.3 is 0 Å². The normalized spacial score (nSPS) is 21.1. The molecular formula is C18H27ClN4O2. The predicted molar refractivity (Wildman–Crippen MR) is 102 cm³/mol. The first-order chi connectivity index (χ1) is 11.7. The number of carbonyl (C=O) groups excluding carboxylic acids is 2. The molecule has 2 saturated heterocycles. The van der Waals surface area contributed by atoms with Crippen LogP contribution in [-0.4, -0.2) is 56.0 Å². The van der Waals surface area contributed by atoms with E-state index in [0.29, 0.717) is 19.0 Å². The van der Waals surface area contributed by atoms with Gasteiger partial charge in [-0.05, 0) is 45.0 Å². The number of para-hydroxylation sites is 2. The van der Waals surface area contributed by atoms with Crippen molar-refractivity contribution in [3.05, 3.63) is 24.3 Å². The lowest BCUT2D eigenvalue weighted by atomic mass is 10.1. The zero-order chi connectivity index (χ0) is 16.9. The van der Waals surface area contributed by atoms with Crippen LogP contribution in [0.25, 0.3) is 0 Å². The number of anilines is 2. The van der Waals surface area contributed by atoms with Crippen LogP contribution in [0.1, 0.15) is 25.7 Å². The van der Waals surface area contributed by atoms with Crippen LogP contribution in [0.2, 0.25) is 0 Å². The van der Waals surface area contributed by atoms with Gasteiger partial charge in [-0.15, -0.1) is 12.4 Å². The molecule has 25 heavy (non-hydrogen) atoms. The van der Waals surface area contributed by atoms with Crippen LogP contribution in [0.4, 0.5) is 11.4 Å². The fraction of sp³-hybridized carbons (Fsp3) is 0.556. The predicted octanol–water partition coefficient (Wildman–Crippen LogP) is 1.86. The summed E-state index contributed by atoms with van der Waals surface area (Å²) in [5.74, 6) is 0.107. The third kappa shape index (κ3) is 4.93. The summed E-state index contributed by atoms with van der Waals surface area (Å²) in [5, 5.41) is 6.28. The van der Waals surface area contributed by atoms with Gasteiger partial charge in [0.2, 0.25) is 11.8 Å². The standard InChI is InChI=1S/C18H26N4O2.ClH/c1-19-14-6-4-10-21(12-14)13-17(23)20-15-7-2-3-8-16(15)22-11-5-9-18(22)24;/h2-3,7-8,14,19H,4-6,9-13H2,1H3,(H,20,23);1H. The Kier molecular flexibility index (Phi) is 7.23. The van der Waals surface area contributed by atoms with Crippen LogP contribution < -0.4 is 15.5 Å². The first kappa shape index (κ1) is 19.7. The van der Waals surface area contributed by atoms with Crippen molar-refractivity contribution in [2.45, 2.75) is 31.7 Å². The molecule has 1 aromatic rings. The first-order valence-corrected chi connectivity index (χ1v) is 8.76. The number of benzene rings is 1. The van der Waals surface area contributed by atoms with Gasteiger partial charge in [-0.25, -0.2) is 0 Å². The largest absolute Gasteiger partial charge is 0.323 e. The van der Waals surface area contributed by atoms with Gasteiger partial charge in [0.15, 0.2) is 0 Å². The third-order valence-electron chi connectivity index (χ3n) is 4.82. The lowest BCUT2D eigenvalue weighted by Gasteiger charge is -2.32. The molecule has 2 aliphatic rings. The van der Waals surface area contributed by atoms with Gasteiger partial charge in [-0.2, -0.15) is 0 Å². The van der Waals surface area contributed by atoms with Crippen molar-refractivity contribution >= 4 is 35.6 Å². The lowest BCUT2D eigenvalue weighted by Crippen LogP contribution is -2.47. The minimum atomic E-state index is -0.0224. The van der Waals surface area contributed by atoms with Crippen molar-refractivity contribution < 1.29 is 9.59 Å². The number of piperidine rings is 1. The topological polar surface area (TPSA) is 64.7 Å². The Balaban J connectivity index is 0.00000225. The van der Waals surface area contributed by atoms with Gasteiger partial charge in [0.1, 0.15) is 0 Å². The number of halogens is 1. The molecule has 2 N–H and O–H groups in total. The molecule has 2 heterocycles. The van der Waals surface area contributed by atoms with E-state index in [1.807, 2.05) is 31.3 Å². The van der Waals surface area contributed by atoms with Crippen LogP contribution in [0, 0.1) is 0 Å². The minimum absolute atomic E-state index is 0. The van der Waals surface area contributed by atoms with E-state index >= 15 is 0 Å². The summed E-state index contributed by atoms with van der Waals surface area (Å²) >= 11 is 0. The number of carbonyl (C=O) groups is 2. The summed E-state index contributed by atoms with van der Waals surface area (Å²) in [4.78, 5) is 28.4. The maximum Gasteiger partial charge on any atom is 0.238 e. The van der Waals surface area contributed by atoms with E-state index in [2.05, 4.69) is 15.5 Å². The highest BCUT2D eigenvalue weighted by Crippen LogP contribution is 2.29. The summed E-state index contributed by atoms with van der Waals surface area (Å²) in [6.07, 6.45) is 3.73. The molecule has 0 aliphatic carbocycles. The molecule has 0 bridgehead atoms. The molecule has 0 radical (unpaired) electrons. The monoisotopic (exact) mass is 366 g/mol. The van der Waals surface area contributed by atoms with Crippen LogP contribution >= 0.6 is 12.4 Å². The maximum absolute atomic E-state index is 12.4. The second-order valence-electron chi connectivity index (χ2n) is 6.58. The molecule has 0 aromatic heterocycles. The number of likely N-dealkylation sites (N-methyl/N-ethyl adjacent to an activating group) is 1. The Morgan fingerprint density at radius 2 is 2.04 bits per heavy atom. The Morgan fingerprint density at radius 1 is 1.24 bits per heavy atom. The average Bonchev–Trinajstić information content (AvgIpc) is 3.01. The molecule has 2 fully saturated rings. The van der Waals surface area contributed by atoms with Crippen molar-refractivity contribution in [2.24, 2.45) is 0 Å². The number of rotatable bonds is 5. The van der Waals surface area contributed by atoms with Crippen LogP contribution in [0.5, 0.6) is 0 Å². The molecule has 0 spiro atoms. The SMILES string of the molecule is CNC1CCCN(CC(=O)Nc2ccccc2N2CCCC2=O)C1.Cl. The van der Waals surface area contributed by atoms with Gasteiger partial charge in [0.05, 0.1) is 17.9 Å². The van der Waals surface area contributed by atoms with Gasteiger partial charge in [0, 0.05) is 25.6 Å². The third-order valence-corrected chi connectivity index (χ3v) is 4.82. The average molecular weight is 367 g/mol. The second kappa shape index (κ2) is 9.17. The zero-order valence-electron chi connectivity index (χ0n) is 14.7. The quantitative estimate of drug-likeness (QED) is 0.834. The molecule has 1 aromatic carbocycles. The molecule has 2 amide bonds. The van der Waals surface area contributed by atoms with Crippen LogP contribution in [-0.2, 0) is 9.59 Å². The van der Waals surface area contributed by atoms with Crippen molar-refractivity contribution in [1.82, 2.24) is 10.2 Å². The Morgan fingerprint density at radius 3 is 2.76 bits per heavy atom. The van der Waals surface area contributed by atoms with Gasteiger partial charge in [0.25, 0.3) is 0 Å². The van der Waals surface area contributed by atoms with E-state index in [9.17, 15) is 9.59 Å². The zero-order valence-corrected chi connectivity index (χ0v) is 15.5. The first-order valence-electron chi connectivity index (χ1n) is 8.76. The van der Waals surface area contributed by atoms with E-state index in [-0.39, 0.29) is 24.2 Å². The van der Waals surface area contributed by atoms with Crippen LogP contribution in [0.3, 0.4) is 0 Å². The number of nitrogens with zero attached hydrogens (tertiary/aromatic N) is 2. The molecule has 1 atom stereocenters. The second-order valence-corrected chi connectivity index (χ2v) is 6.58. The number of hydrogen-bond acceptors (Lipinski definition) is 4. The summed E-state index contributed by atoms with van der Waals surface area (Å²) < 4.78 is 0. The number of likely N-dealkylation sites (tertiary alicyclic amines) is 1. The molecule has 7 heteroatoms. The summed E-state index contributed by atoms with van der Waals surface area (Å²) in [7, 11) is 1.97. The highest BCUT2D eigenvalue weighted by molar-refractivity contribution is 6.02. The van der Waals surface area contributed by atoms with Crippen molar-refractivity contribution in [3.63, 3.8) is 0 Å². The van der Waals surface area contributed by atoms with Gasteiger partial charge in [-0.3, -0.25) is 14.5 Å². The molecule has 2 aliphatic heterocycles. The Hall–Kier alpha value is -1.63. The van der Waals surface area contributed by atoms with E-state index < -0.39 is 0 Å². The van der Waals surface area contributed by atoms with Crippen LogP contribution in [0.15, 0.2) is 24.3 Å². The Bertz CT molecular complexity index is 610. The van der Waals surface area contributed by atoms with Crippen molar-refractivity contribution in [1.29, 1.82) is 0 Å². The molecule has 3 rings (SSSR count). The van der Waals surface area contributed by atoms with E-state index in [1.54, 1.807) is 4.90 Å². The molecule has 0 saturated carbocycles.